The molecule has 4 heteroatoms. The van der Waals surface area contributed by atoms with Gasteiger partial charge in [0.15, 0.2) is 0 Å². The van der Waals surface area contributed by atoms with E-state index in [9.17, 15) is 4.79 Å². The molecule has 1 aromatic heterocycles. The highest BCUT2D eigenvalue weighted by Crippen LogP contribution is 2.19. The Balaban J connectivity index is 1.94. The van der Waals surface area contributed by atoms with Gasteiger partial charge in [0, 0.05) is 0 Å². The van der Waals surface area contributed by atoms with Crippen molar-refractivity contribution in [3.8, 4) is 11.4 Å². The van der Waals surface area contributed by atoms with Gasteiger partial charge in [-0.1, -0.05) is 42.5 Å². The summed E-state index contributed by atoms with van der Waals surface area (Å²) in [5.41, 5.74) is 2.87. The molecule has 4 nitrogen and oxygen atoms in total. The molecule has 4 aromatic rings. The van der Waals surface area contributed by atoms with Crippen LogP contribution in [-0.4, -0.2) is 16.5 Å². The van der Waals surface area contributed by atoms with Gasteiger partial charge in [0.05, 0.1) is 30.2 Å². The Morgan fingerprint density at radius 2 is 1.52 bits per heavy atom. The fourth-order valence-corrected chi connectivity index (χ4v) is 3.10. The van der Waals surface area contributed by atoms with Crippen molar-refractivity contribution < 1.29 is 4.74 Å². The molecule has 0 spiro atoms. The molecular formula is C21H18N2O2. The van der Waals surface area contributed by atoms with E-state index >= 15 is 0 Å². The van der Waals surface area contributed by atoms with Crippen LogP contribution in [0, 0.1) is 0 Å². The standard InChI is InChI=1S/C21H18N2O2/c1-25-18-13-11-17(12-14-18)23-21(24)19-9-5-6-10-20(19)22(23)15-16-7-3-2-4-8-16/h2-14H,15H2,1H3. The Kier molecular flexibility index (Phi) is 3.86. The summed E-state index contributed by atoms with van der Waals surface area (Å²) in [7, 11) is 1.63. The third-order valence-electron chi connectivity index (χ3n) is 4.34. The molecule has 0 aliphatic rings. The molecule has 0 radical (unpaired) electrons. The Labute approximate surface area is 145 Å². The van der Waals surface area contributed by atoms with E-state index in [0.717, 1.165) is 22.5 Å². The van der Waals surface area contributed by atoms with Gasteiger partial charge in [0.25, 0.3) is 5.56 Å². The fourth-order valence-electron chi connectivity index (χ4n) is 3.10. The lowest BCUT2D eigenvalue weighted by Crippen LogP contribution is -2.21. The smallest absolute Gasteiger partial charge is 0.279 e. The van der Waals surface area contributed by atoms with Gasteiger partial charge >= 0.3 is 0 Å². The van der Waals surface area contributed by atoms with Gasteiger partial charge in [-0.25, -0.2) is 4.68 Å². The molecule has 0 unspecified atom stereocenters. The maximum absolute atomic E-state index is 13.0. The van der Waals surface area contributed by atoms with E-state index in [1.54, 1.807) is 11.8 Å². The Morgan fingerprint density at radius 1 is 0.840 bits per heavy atom. The van der Waals surface area contributed by atoms with Crippen molar-refractivity contribution in [3.63, 3.8) is 0 Å². The molecule has 0 N–H and O–H groups in total. The van der Waals surface area contributed by atoms with E-state index in [2.05, 4.69) is 12.1 Å². The van der Waals surface area contributed by atoms with E-state index in [1.807, 2.05) is 71.4 Å². The minimum absolute atomic E-state index is 0.0169. The summed E-state index contributed by atoms with van der Waals surface area (Å²) >= 11 is 0. The third-order valence-corrected chi connectivity index (χ3v) is 4.34. The number of benzene rings is 3. The van der Waals surface area contributed by atoms with Crippen molar-refractivity contribution in [1.82, 2.24) is 9.36 Å². The highest BCUT2D eigenvalue weighted by Gasteiger charge is 2.14. The average Bonchev–Trinajstić information content (AvgIpc) is 2.95. The van der Waals surface area contributed by atoms with Crippen LogP contribution in [0.25, 0.3) is 16.6 Å². The molecule has 0 atom stereocenters. The zero-order chi connectivity index (χ0) is 17.2. The molecule has 25 heavy (non-hydrogen) atoms. The predicted molar refractivity (Wildman–Crippen MR) is 99.6 cm³/mol. The quantitative estimate of drug-likeness (QED) is 0.570. The molecule has 124 valence electrons. The number of nitrogens with zero attached hydrogens (tertiary/aromatic N) is 2. The summed E-state index contributed by atoms with van der Waals surface area (Å²) in [6.07, 6.45) is 0. The van der Waals surface area contributed by atoms with Crippen LogP contribution in [0.4, 0.5) is 0 Å². The van der Waals surface area contributed by atoms with Gasteiger partial charge in [-0.15, -0.1) is 0 Å². The number of ether oxygens (including phenoxy) is 1. The summed E-state index contributed by atoms with van der Waals surface area (Å²) in [5.74, 6) is 0.766. The summed E-state index contributed by atoms with van der Waals surface area (Å²) in [6.45, 7) is 0.621. The van der Waals surface area contributed by atoms with E-state index in [1.165, 1.54) is 0 Å². The van der Waals surface area contributed by atoms with Gasteiger partial charge in [0.2, 0.25) is 0 Å². The number of para-hydroxylation sites is 1. The van der Waals surface area contributed by atoms with Crippen LogP contribution in [0.3, 0.4) is 0 Å². The SMILES string of the molecule is COc1ccc(-n2c(=O)c3ccccc3n2Cc2ccccc2)cc1. The normalized spacial score (nSPS) is 10.9. The molecule has 0 amide bonds. The maximum Gasteiger partial charge on any atom is 0.279 e. The van der Waals surface area contributed by atoms with Crippen LogP contribution in [0.1, 0.15) is 5.56 Å². The van der Waals surface area contributed by atoms with Crippen molar-refractivity contribution in [2.75, 3.05) is 7.11 Å². The lowest BCUT2D eigenvalue weighted by atomic mass is 10.2. The van der Waals surface area contributed by atoms with Crippen molar-refractivity contribution in [2.45, 2.75) is 6.54 Å². The molecule has 1 heterocycles. The minimum atomic E-state index is -0.0169. The summed E-state index contributed by atoms with van der Waals surface area (Å²) in [4.78, 5) is 13.0. The van der Waals surface area contributed by atoms with Crippen molar-refractivity contribution in [2.24, 2.45) is 0 Å². The number of hydrogen-bond donors (Lipinski definition) is 0. The number of aromatic nitrogens is 2. The molecule has 0 saturated carbocycles. The lowest BCUT2D eigenvalue weighted by Gasteiger charge is -2.13. The molecule has 0 fully saturated rings. The van der Waals surface area contributed by atoms with Crippen LogP contribution in [0.15, 0.2) is 83.7 Å². The lowest BCUT2D eigenvalue weighted by molar-refractivity contribution is 0.414. The summed E-state index contributed by atoms with van der Waals surface area (Å²) < 4.78 is 8.98. The zero-order valence-electron chi connectivity index (χ0n) is 13.9. The largest absolute Gasteiger partial charge is 0.497 e. The van der Waals surface area contributed by atoms with Gasteiger partial charge < -0.3 is 4.74 Å². The first-order valence-corrected chi connectivity index (χ1v) is 8.17. The van der Waals surface area contributed by atoms with Crippen LogP contribution in [0.5, 0.6) is 5.75 Å². The Hall–Kier alpha value is -3.27. The summed E-state index contributed by atoms with van der Waals surface area (Å²) in [6, 6.07) is 25.4. The first-order valence-electron chi connectivity index (χ1n) is 8.17. The second-order valence-electron chi connectivity index (χ2n) is 5.88. The maximum atomic E-state index is 13.0. The Morgan fingerprint density at radius 3 is 2.24 bits per heavy atom. The van der Waals surface area contributed by atoms with E-state index < -0.39 is 0 Å². The molecular weight excluding hydrogens is 312 g/mol. The fraction of sp³-hybridized carbons (Fsp3) is 0.0952. The molecule has 3 aromatic carbocycles. The van der Waals surface area contributed by atoms with E-state index in [4.69, 9.17) is 4.74 Å². The van der Waals surface area contributed by atoms with Gasteiger partial charge in [-0.05, 0) is 42.0 Å². The molecule has 0 aliphatic carbocycles. The molecule has 4 rings (SSSR count). The van der Waals surface area contributed by atoms with Crippen LogP contribution in [0.2, 0.25) is 0 Å². The number of rotatable bonds is 4. The van der Waals surface area contributed by atoms with Crippen LogP contribution < -0.4 is 10.3 Å². The third kappa shape index (κ3) is 2.72. The van der Waals surface area contributed by atoms with Crippen LogP contribution >= 0.6 is 0 Å². The van der Waals surface area contributed by atoms with Crippen molar-refractivity contribution in [3.05, 3.63) is 94.8 Å². The number of hydrogen-bond acceptors (Lipinski definition) is 2. The molecule has 0 saturated heterocycles. The topological polar surface area (TPSA) is 36.2 Å². The number of fused-ring (bicyclic) bond motifs is 1. The average molecular weight is 330 g/mol. The minimum Gasteiger partial charge on any atom is -0.497 e. The van der Waals surface area contributed by atoms with E-state index in [0.29, 0.717) is 11.9 Å². The second kappa shape index (κ2) is 6.32. The van der Waals surface area contributed by atoms with Gasteiger partial charge in [-0.2, -0.15) is 0 Å². The zero-order valence-corrected chi connectivity index (χ0v) is 13.9. The first kappa shape index (κ1) is 15.3. The van der Waals surface area contributed by atoms with Crippen LogP contribution in [-0.2, 0) is 6.54 Å². The highest BCUT2D eigenvalue weighted by atomic mass is 16.5. The molecule has 0 bridgehead atoms. The Bertz CT molecular complexity index is 1060. The van der Waals surface area contributed by atoms with Crippen molar-refractivity contribution >= 4 is 10.9 Å². The first-order chi connectivity index (χ1) is 12.3. The van der Waals surface area contributed by atoms with E-state index in [-0.39, 0.29) is 5.56 Å². The highest BCUT2D eigenvalue weighted by molar-refractivity contribution is 5.79. The van der Waals surface area contributed by atoms with Gasteiger partial charge in [-0.3, -0.25) is 9.48 Å². The van der Waals surface area contributed by atoms with Crippen molar-refractivity contribution in [1.29, 1.82) is 0 Å². The second-order valence-corrected chi connectivity index (χ2v) is 5.88. The predicted octanol–water partition coefficient (Wildman–Crippen LogP) is 3.85. The van der Waals surface area contributed by atoms with Gasteiger partial charge in [0.1, 0.15) is 5.75 Å². The summed E-state index contributed by atoms with van der Waals surface area (Å²) in [5, 5.41) is 0.717. The number of methoxy groups -OCH3 is 1. The monoisotopic (exact) mass is 330 g/mol. The molecule has 0 aliphatic heterocycles.